The predicted octanol–water partition coefficient (Wildman–Crippen LogP) is 0.379. The van der Waals surface area contributed by atoms with Crippen molar-refractivity contribution in [3.05, 3.63) is 12.3 Å². The van der Waals surface area contributed by atoms with Crippen molar-refractivity contribution < 1.29 is 14.6 Å². The summed E-state index contributed by atoms with van der Waals surface area (Å²) in [6.07, 6.45) is 3.24. The molecule has 0 bridgehead atoms. The Kier molecular flexibility index (Phi) is 0.978. The van der Waals surface area contributed by atoms with Gasteiger partial charge in [-0.05, 0) is 6.08 Å². The monoisotopic (exact) mass is 100 g/mol. The first kappa shape index (κ1) is 4.18. The van der Waals surface area contributed by atoms with Gasteiger partial charge in [0.15, 0.2) is 0 Å². The van der Waals surface area contributed by atoms with Crippen molar-refractivity contribution >= 4 is 5.97 Å². The van der Waals surface area contributed by atoms with E-state index in [0.29, 0.717) is 6.42 Å². The zero-order valence-electron chi connectivity index (χ0n) is 3.59. The van der Waals surface area contributed by atoms with Gasteiger partial charge in [0.1, 0.15) is 6.26 Å². The molecule has 1 aliphatic heterocycles. The van der Waals surface area contributed by atoms with Gasteiger partial charge in [0.2, 0.25) is 0 Å². The van der Waals surface area contributed by atoms with Gasteiger partial charge in [-0.2, -0.15) is 0 Å². The fourth-order valence-corrected chi connectivity index (χ4v) is 0.299. The molecule has 0 aliphatic carbocycles. The van der Waals surface area contributed by atoms with E-state index in [-0.39, 0.29) is 5.97 Å². The van der Waals surface area contributed by atoms with Crippen molar-refractivity contribution in [1.29, 1.82) is 0 Å². The van der Waals surface area contributed by atoms with Crippen LogP contribution in [-0.4, -0.2) is 5.97 Å². The van der Waals surface area contributed by atoms with Crippen molar-refractivity contribution in [2.45, 2.75) is 6.42 Å². The fourth-order valence-electron chi connectivity index (χ4n) is 0.299. The second-order valence-corrected chi connectivity index (χ2v) is 1.13. The lowest BCUT2D eigenvalue weighted by Gasteiger charge is -2.00. The van der Waals surface area contributed by atoms with Crippen LogP contribution in [0.4, 0.5) is 0 Å². The molecular formula is C4H4O3. The largest absolute Gasteiger partial charge is 0.359 e. The minimum atomic E-state index is -0.345. The molecule has 0 saturated heterocycles. The van der Waals surface area contributed by atoms with Gasteiger partial charge < -0.3 is 0 Å². The van der Waals surface area contributed by atoms with Crippen LogP contribution < -0.4 is 0 Å². The van der Waals surface area contributed by atoms with Gasteiger partial charge in [-0.15, -0.1) is 0 Å². The average Bonchev–Trinajstić information content (AvgIpc) is 1.69. The van der Waals surface area contributed by atoms with Crippen molar-refractivity contribution in [3.63, 3.8) is 0 Å². The molecule has 0 radical (unpaired) electrons. The van der Waals surface area contributed by atoms with Crippen molar-refractivity contribution in [1.82, 2.24) is 0 Å². The summed E-state index contributed by atoms with van der Waals surface area (Å²) in [5.74, 6) is -0.345. The number of hydrogen-bond acceptors (Lipinski definition) is 3. The molecule has 0 aromatic heterocycles. The van der Waals surface area contributed by atoms with Crippen LogP contribution in [0.15, 0.2) is 12.3 Å². The molecule has 0 N–H and O–H groups in total. The van der Waals surface area contributed by atoms with E-state index in [1.807, 2.05) is 0 Å². The van der Waals surface area contributed by atoms with Crippen molar-refractivity contribution in [2.24, 2.45) is 0 Å². The SMILES string of the molecule is O=C1CC=COO1. The van der Waals surface area contributed by atoms with Crippen LogP contribution in [0.5, 0.6) is 0 Å². The molecule has 1 rings (SSSR count). The summed E-state index contributed by atoms with van der Waals surface area (Å²) >= 11 is 0. The molecule has 1 aliphatic rings. The summed E-state index contributed by atoms with van der Waals surface area (Å²) in [6, 6.07) is 0. The van der Waals surface area contributed by atoms with Crippen LogP contribution in [0, 0.1) is 0 Å². The molecule has 0 aromatic rings. The summed E-state index contributed by atoms with van der Waals surface area (Å²) in [6.45, 7) is 0. The molecule has 7 heavy (non-hydrogen) atoms. The molecule has 0 atom stereocenters. The first-order chi connectivity index (χ1) is 3.39. The maximum atomic E-state index is 10.1. The summed E-state index contributed by atoms with van der Waals surface area (Å²) < 4.78 is 0. The van der Waals surface area contributed by atoms with Gasteiger partial charge in [-0.1, -0.05) is 0 Å². The normalized spacial score (nSPS) is 18.0. The maximum Gasteiger partial charge on any atom is 0.359 e. The van der Waals surface area contributed by atoms with E-state index in [0.717, 1.165) is 0 Å². The van der Waals surface area contributed by atoms with Gasteiger partial charge >= 0.3 is 5.97 Å². The zero-order valence-corrected chi connectivity index (χ0v) is 3.59. The van der Waals surface area contributed by atoms with Crippen LogP contribution in [-0.2, 0) is 14.6 Å². The van der Waals surface area contributed by atoms with E-state index in [2.05, 4.69) is 9.78 Å². The van der Waals surface area contributed by atoms with Crippen LogP contribution in [0.2, 0.25) is 0 Å². The predicted molar refractivity (Wildman–Crippen MR) is 20.9 cm³/mol. The van der Waals surface area contributed by atoms with Crippen LogP contribution in [0.25, 0.3) is 0 Å². The van der Waals surface area contributed by atoms with Gasteiger partial charge in [0.25, 0.3) is 0 Å². The summed E-state index contributed by atoms with van der Waals surface area (Å²) in [5.41, 5.74) is 0. The Bertz CT molecular complexity index is 106. The number of carbonyl (C=O) groups is 1. The number of carbonyl (C=O) groups excluding carboxylic acids is 1. The van der Waals surface area contributed by atoms with Gasteiger partial charge in [-0.25, -0.2) is 4.79 Å². The summed E-state index contributed by atoms with van der Waals surface area (Å²) in [5, 5.41) is 0. The van der Waals surface area contributed by atoms with Gasteiger partial charge in [-0.3, -0.25) is 9.78 Å². The van der Waals surface area contributed by atoms with Crippen LogP contribution in [0.1, 0.15) is 6.42 Å². The number of hydrogen-bond donors (Lipinski definition) is 0. The van der Waals surface area contributed by atoms with E-state index in [1.54, 1.807) is 6.08 Å². The second-order valence-electron chi connectivity index (χ2n) is 1.13. The Morgan fingerprint density at radius 2 is 2.57 bits per heavy atom. The Morgan fingerprint density at radius 3 is 2.86 bits per heavy atom. The summed E-state index contributed by atoms with van der Waals surface area (Å²) in [7, 11) is 0. The fraction of sp³-hybridized carbons (Fsp3) is 0.250. The van der Waals surface area contributed by atoms with E-state index in [1.165, 1.54) is 6.26 Å². The third-order valence-corrected chi connectivity index (χ3v) is 0.577. The average molecular weight is 100 g/mol. The van der Waals surface area contributed by atoms with E-state index in [9.17, 15) is 4.79 Å². The molecule has 3 nitrogen and oxygen atoms in total. The van der Waals surface area contributed by atoms with E-state index >= 15 is 0 Å². The van der Waals surface area contributed by atoms with Gasteiger partial charge in [0.05, 0.1) is 6.42 Å². The lowest BCUT2D eigenvalue weighted by molar-refractivity contribution is -0.241. The molecule has 0 amide bonds. The van der Waals surface area contributed by atoms with E-state index < -0.39 is 0 Å². The Balaban J connectivity index is 2.47. The molecule has 0 spiro atoms. The minimum Gasteiger partial charge on any atom is -0.295 e. The third-order valence-electron chi connectivity index (χ3n) is 0.577. The standard InChI is InChI=1S/C4H4O3/c5-4-2-1-3-6-7-4/h1,3H,2H2. The van der Waals surface area contributed by atoms with Crippen LogP contribution in [0.3, 0.4) is 0 Å². The molecule has 0 aromatic carbocycles. The second kappa shape index (κ2) is 1.64. The van der Waals surface area contributed by atoms with E-state index in [4.69, 9.17) is 0 Å². The molecule has 0 saturated carbocycles. The molecule has 3 heteroatoms. The quantitative estimate of drug-likeness (QED) is 0.413. The highest BCUT2D eigenvalue weighted by Gasteiger charge is 2.02. The molecular weight excluding hydrogens is 96.0 g/mol. The first-order valence-electron chi connectivity index (χ1n) is 1.91. The van der Waals surface area contributed by atoms with Crippen LogP contribution >= 0.6 is 0 Å². The highest BCUT2D eigenvalue weighted by molar-refractivity contribution is 5.70. The zero-order chi connectivity index (χ0) is 5.11. The lowest BCUT2D eigenvalue weighted by Crippen LogP contribution is -2.04. The van der Waals surface area contributed by atoms with Gasteiger partial charge in [0, 0.05) is 0 Å². The highest BCUT2D eigenvalue weighted by Crippen LogP contribution is 1.96. The highest BCUT2D eigenvalue weighted by atomic mass is 17.2. The number of rotatable bonds is 0. The minimum absolute atomic E-state index is 0.319. The molecule has 38 valence electrons. The topological polar surface area (TPSA) is 35.5 Å². The Labute approximate surface area is 40.5 Å². The molecule has 0 fully saturated rings. The lowest BCUT2D eigenvalue weighted by atomic mass is 10.4. The first-order valence-corrected chi connectivity index (χ1v) is 1.91. The van der Waals surface area contributed by atoms with Crippen molar-refractivity contribution in [3.8, 4) is 0 Å². The molecule has 1 heterocycles. The maximum absolute atomic E-state index is 10.1. The molecule has 0 unspecified atom stereocenters. The Hall–Kier alpha value is -0.990. The Morgan fingerprint density at radius 1 is 1.71 bits per heavy atom. The van der Waals surface area contributed by atoms with Crippen molar-refractivity contribution in [2.75, 3.05) is 0 Å². The smallest absolute Gasteiger partial charge is 0.295 e. The summed E-state index contributed by atoms with van der Waals surface area (Å²) in [4.78, 5) is 18.3. The third kappa shape index (κ3) is 0.924.